The monoisotopic (exact) mass is 281 g/mol. The summed E-state index contributed by atoms with van der Waals surface area (Å²) in [5.74, 6) is 1.20. The van der Waals surface area contributed by atoms with E-state index in [2.05, 4.69) is 4.90 Å². The summed E-state index contributed by atoms with van der Waals surface area (Å²) in [5, 5.41) is 8.93. The van der Waals surface area contributed by atoms with Gasteiger partial charge in [-0.25, -0.2) is 4.39 Å². The molecule has 1 fully saturated rings. The zero-order valence-electron chi connectivity index (χ0n) is 11.9. The van der Waals surface area contributed by atoms with Gasteiger partial charge in [0.05, 0.1) is 6.61 Å². The van der Waals surface area contributed by atoms with Gasteiger partial charge in [0.15, 0.2) is 0 Å². The molecule has 0 atom stereocenters. The first-order valence-electron chi connectivity index (χ1n) is 7.49. The van der Waals surface area contributed by atoms with Crippen LogP contribution in [0.5, 0.6) is 5.75 Å². The van der Waals surface area contributed by atoms with Gasteiger partial charge in [0, 0.05) is 13.2 Å². The average Bonchev–Trinajstić information content (AvgIpc) is 2.47. The summed E-state index contributed by atoms with van der Waals surface area (Å²) in [5.41, 5.74) is 0. The van der Waals surface area contributed by atoms with Crippen LogP contribution in [0.3, 0.4) is 0 Å². The Morgan fingerprint density at radius 3 is 2.55 bits per heavy atom. The molecule has 1 aromatic carbocycles. The van der Waals surface area contributed by atoms with Crippen molar-refractivity contribution in [1.29, 1.82) is 0 Å². The van der Waals surface area contributed by atoms with E-state index in [0.29, 0.717) is 19.1 Å². The van der Waals surface area contributed by atoms with E-state index in [4.69, 9.17) is 9.84 Å². The fraction of sp³-hybridized carbons (Fsp3) is 0.625. The van der Waals surface area contributed by atoms with Crippen LogP contribution in [0, 0.1) is 11.7 Å². The van der Waals surface area contributed by atoms with Gasteiger partial charge in [-0.15, -0.1) is 0 Å². The van der Waals surface area contributed by atoms with Crippen molar-refractivity contribution in [1.82, 2.24) is 4.90 Å². The molecular formula is C16H24FNO2. The van der Waals surface area contributed by atoms with Gasteiger partial charge in [0.25, 0.3) is 0 Å². The molecule has 1 aromatic rings. The maximum absolute atomic E-state index is 12.7. The summed E-state index contributed by atoms with van der Waals surface area (Å²) in [6, 6.07) is 6.16. The number of rotatable bonds is 7. The predicted molar refractivity (Wildman–Crippen MR) is 77.4 cm³/mol. The minimum Gasteiger partial charge on any atom is -0.494 e. The van der Waals surface area contributed by atoms with Crippen LogP contribution in [-0.2, 0) is 0 Å². The van der Waals surface area contributed by atoms with Crippen molar-refractivity contribution in [3.05, 3.63) is 30.1 Å². The fourth-order valence-corrected chi connectivity index (χ4v) is 2.69. The maximum atomic E-state index is 12.7. The fourth-order valence-electron chi connectivity index (χ4n) is 2.69. The lowest BCUT2D eigenvalue weighted by molar-refractivity contribution is 0.150. The molecule has 0 aromatic heterocycles. The molecule has 1 aliphatic rings. The molecule has 0 aliphatic carbocycles. The number of aliphatic hydroxyl groups is 1. The zero-order chi connectivity index (χ0) is 14.2. The van der Waals surface area contributed by atoms with Crippen molar-refractivity contribution >= 4 is 0 Å². The summed E-state index contributed by atoms with van der Waals surface area (Å²) in [7, 11) is 0. The highest BCUT2D eigenvalue weighted by Gasteiger charge is 2.17. The van der Waals surface area contributed by atoms with Crippen LogP contribution in [0.4, 0.5) is 4.39 Å². The third-order valence-electron chi connectivity index (χ3n) is 3.95. The zero-order valence-corrected chi connectivity index (χ0v) is 11.9. The standard InChI is InChI=1S/C16H24FNO2/c17-15-2-4-16(5-3-15)20-13-1-9-18-10-6-14(7-11-18)8-12-19/h2-5,14,19H,1,6-13H2. The molecule has 0 spiro atoms. The summed E-state index contributed by atoms with van der Waals surface area (Å²) in [6.07, 6.45) is 4.32. The number of ether oxygens (including phenoxy) is 1. The lowest BCUT2D eigenvalue weighted by atomic mass is 9.94. The number of piperidine rings is 1. The van der Waals surface area contributed by atoms with Crippen LogP contribution >= 0.6 is 0 Å². The third-order valence-corrected chi connectivity index (χ3v) is 3.95. The van der Waals surface area contributed by atoms with Gasteiger partial charge in [-0.3, -0.25) is 0 Å². The van der Waals surface area contributed by atoms with Gasteiger partial charge >= 0.3 is 0 Å². The molecule has 0 saturated carbocycles. The molecule has 1 heterocycles. The van der Waals surface area contributed by atoms with Crippen molar-refractivity contribution < 1.29 is 14.2 Å². The highest BCUT2D eigenvalue weighted by molar-refractivity contribution is 5.21. The van der Waals surface area contributed by atoms with E-state index < -0.39 is 0 Å². The van der Waals surface area contributed by atoms with Crippen LogP contribution in [-0.4, -0.2) is 42.9 Å². The first-order chi connectivity index (χ1) is 9.78. The lowest BCUT2D eigenvalue weighted by Crippen LogP contribution is -2.35. The molecular weight excluding hydrogens is 257 g/mol. The Kier molecular flexibility index (Phi) is 6.27. The third kappa shape index (κ3) is 5.10. The first kappa shape index (κ1) is 15.3. The predicted octanol–water partition coefficient (Wildman–Crippen LogP) is 2.69. The van der Waals surface area contributed by atoms with Crippen LogP contribution < -0.4 is 4.74 Å². The topological polar surface area (TPSA) is 32.7 Å². The van der Waals surface area contributed by atoms with E-state index in [-0.39, 0.29) is 5.82 Å². The van der Waals surface area contributed by atoms with E-state index in [1.54, 1.807) is 12.1 Å². The van der Waals surface area contributed by atoms with Crippen molar-refractivity contribution in [2.45, 2.75) is 25.7 Å². The van der Waals surface area contributed by atoms with E-state index in [0.717, 1.165) is 38.2 Å². The number of hydrogen-bond acceptors (Lipinski definition) is 3. The summed E-state index contributed by atoms with van der Waals surface area (Å²) < 4.78 is 18.3. The van der Waals surface area contributed by atoms with Gasteiger partial charge in [0.1, 0.15) is 11.6 Å². The number of aliphatic hydroxyl groups excluding tert-OH is 1. The van der Waals surface area contributed by atoms with Crippen LogP contribution in [0.15, 0.2) is 24.3 Å². The molecule has 20 heavy (non-hydrogen) atoms. The Morgan fingerprint density at radius 2 is 1.90 bits per heavy atom. The number of likely N-dealkylation sites (tertiary alicyclic amines) is 1. The molecule has 0 bridgehead atoms. The molecule has 112 valence electrons. The van der Waals surface area contributed by atoms with Crippen molar-refractivity contribution in [2.75, 3.05) is 32.8 Å². The van der Waals surface area contributed by atoms with E-state index >= 15 is 0 Å². The largest absolute Gasteiger partial charge is 0.494 e. The molecule has 4 heteroatoms. The second kappa shape index (κ2) is 8.22. The first-order valence-corrected chi connectivity index (χ1v) is 7.49. The molecule has 0 unspecified atom stereocenters. The number of halogens is 1. The number of benzene rings is 1. The van der Waals surface area contributed by atoms with Crippen LogP contribution in [0.1, 0.15) is 25.7 Å². The minimum atomic E-state index is -0.233. The summed E-state index contributed by atoms with van der Waals surface area (Å²) in [6.45, 7) is 4.29. The van der Waals surface area contributed by atoms with Gasteiger partial charge in [-0.1, -0.05) is 0 Å². The van der Waals surface area contributed by atoms with Crippen molar-refractivity contribution in [3.8, 4) is 5.75 Å². The van der Waals surface area contributed by atoms with Crippen molar-refractivity contribution in [3.63, 3.8) is 0 Å². The minimum absolute atomic E-state index is 0.233. The Hall–Kier alpha value is -1.13. The van der Waals surface area contributed by atoms with Crippen LogP contribution in [0.2, 0.25) is 0 Å². The summed E-state index contributed by atoms with van der Waals surface area (Å²) in [4.78, 5) is 2.46. The van der Waals surface area contributed by atoms with E-state index in [1.165, 1.54) is 25.0 Å². The smallest absolute Gasteiger partial charge is 0.123 e. The highest BCUT2D eigenvalue weighted by Crippen LogP contribution is 2.20. The Bertz CT molecular complexity index is 375. The van der Waals surface area contributed by atoms with Crippen molar-refractivity contribution in [2.24, 2.45) is 5.92 Å². The Balaban J connectivity index is 1.56. The van der Waals surface area contributed by atoms with Gasteiger partial charge < -0.3 is 14.7 Å². The quantitative estimate of drug-likeness (QED) is 0.780. The maximum Gasteiger partial charge on any atom is 0.123 e. The molecule has 2 rings (SSSR count). The molecule has 0 amide bonds. The molecule has 1 saturated heterocycles. The highest BCUT2D eigenvalue weighted by atomic mass is 19.1. The van der Waals surface area contributed by atoms with Gasteiger partial charge in [0.2, 0.25) is 0 Å². The lowest BCUT2D eigenvalue weighted by Gasteiger charge is -2.31. The SMILES string of the molecule is OCCC1CCN(CCCOc2ccc(F)cc2)CC1. The molecule has 3 nitrogen and oxygen atoms in total. The number of hydrogen-bond donors (Lipinski definition) is 1. The average molecular weight is 281 g/mol. The van der Waals surface area contributed by atoms with E-state index in [9.17, 15) is 4.39 Å². The second-order valence-electron chi connectivity index (χ2n) is 5.45. The summed E-state index contributed by atoms with van der Waals surface area (Å²) >= 11 is 0. The Labute approximate surface area is 120 Å². The van der Waals surface area contributed by atoms with Crippen LogP contribution in [0.25, 0.3) is 0 Å². The van der Waals surface area contributed by atoms with E-state index in [1.807, 2.05) is 0 Å². The van der Waals surface area contributed by atoms with Gasteiger partial charge in [-0.05, 0) is 69.0 Å². The normalized spacial score (nSPS) is 17.3. The molecule has 1 N–H and O–H groups in total. The second-order valence-corrected chi connectivity index (χ2v) is 5.45. The number of nitrogens with zero attached hydrogens (tertiary/aromatic N) is 1. The molecule has 0 radical (unpaired) electrons. The van der Waals surface area contributed by atoms with Gasteiger partial charge in [-0.2, -0.15) is 0 Å². The Morgan fingerprint density at radius 1 is 1.20 bits per heavy atom. The molecule has 1 aliphatic heterocycles.